The van der Waals surface area contributed by atoms with Gasteiger partial charge in [0.15, 0.2) is 0 Å². The molecule has 4 heterocycles. The minimum atomic E-state index is -0.602. The van der Waals surface area contributed by atoms with E-state index in [1.54, 1.807) is 11.8 Å². The third-order valence-electron chi connectivity index (χ3n) is 10.3. The molecule has 2 aliphatic heterocycles. The normalized spacial score (nSPS) is 20.4. The number of esters is 1. The van der Waals surface area contributed by atoms with Crippen LogP contribution in [0.1, 0.15) is 93.7 Å². The lowest BCUT2D eigenvalue weighted by Gasteiger charge is -2.56. The van der Waals surface area contributed by atoms with Gasteiger partial charge in [0.05, 0.1) is 6.20 Å². The average molecular weight is 607 g/mol. The SMILES string of the molecule is CCc1ccccc1[C@@H]1CCCN1C1CC2(CCN(c3ccc(C(=O)OC(C)(C)C)c(Oc4cnc5[nH]ccc5c4)c3)CC2)C1. The van der Waals surface area contributed by atoms with E-state index in [2.05, 4.69) is 51.0 Å². The summed E-state index contributed by atoms with van der Waals surface area (Å²) < 4.78 is 12.1. The van der Waals surface area contributed by atoms with Gasteiger partial charge in [0.1, 0.15) is 28.3 Å². The van der Waals surface area contributed by atoms with Crippen molar-refractivity contribution < 1.29 is 14.3 Å². The molecule has 2 aromatic heterocycles. The largest absolute Gasteiger partial charge is 0.456 e. The number of hydrogen-bond acceptors (Lipinski definition) is 6. The predicted molar refractivity (Wildman–Crippen MR) is 179 cm³/mol. The number of piperidine rings is 1. The average Bonchev–Trinajstić information content (AvgIpc) is 3.69. The van der Waals surface area contributed by atoms with Crippen molar-refractivity contribution in [2.75, 3.05) is 24.5 Å². The number of H-pyrrole nitrogens is 1. The third kappa shape index (κ3) is 6.07. The van der Waals surface area contributed by atoms with Crippen molar-refractivity contribution in [2.45, 2.75) is 90.3 Å². The highest BCUT2D eigenvalue weighted by Gasteiger charge is 2.50. The number of carbonyl (C=O) groups is 1. The van der Waals surface area contributed by atoms with Crippen LogP contribution in [-0.2, 0) is 11.2 Å². The molecule has 2 saturated heterocycles. The van der Waals surface area contributed by atoms with E-state index < -0.39 is 5.60 Å². The minimum absolute atomic E-state index is 0.389. The quantitative estimate of drug-likeness (QED) is 0.213. The zero-order valence-electron chi connectivity index (χ0n) is 27.1. The predicted octanol–water partition coefficient (Wildman–Crippen LogP) is 8.46. The van der Waals surface area contributed by atoms with Gasteiger partial charge in [0, 0.05) is 48.5 Å². The van der Waals surface area contributed by atoms with Gasteiger partial charge in [0.25, 0.3) is 0 Å². The maximum atomic E-state index is 13.2. The molecule has 45 heavy (non-hydrogen) atoms. The van der Waals surface area contributed by atoms with Crippen molar-refractivity contribution in [3.8, 4) is 11.5 Å². The third-order valence-corrected chi connectivity index (χ3v) is 10.3. The lowest BCUT2D eigenvalue weighted by Crippen LogP contribution is -2.54. The van der Waals surface area contributed by atoms with E-state index in [1.165, 1.54) is 50.6 Å². The molecule has 3 fully saturated rings. The van der Waals surface area contributed by atoms with Crippen LogP contribution in [0.15, 0.2) is 67.0 Å². The van der Waals surface area contributed by atoms with Crippen LogP contribution in [0.5, 0.6) is 11.5 Å². The van der Waals surface area contributed by atoms with Crippen molar-refractivity contribution in [3.63, 3.8) is 0 Å². The molecule has 7 nitrogen and oxygen atoms in total. The van der Waals surface area contributed by atoms with Crippen molar-refractivity contribution in [1.82, 2.24) is 14.9 Å². The molecule has 0 radical (unpaired) electrons. The van der Waals surface area contributed by atoms with Gasteiger partial charge >= 0.3 is 5.97 Å². The first-order valence-electron chi connectivity index (χ1n) is 16.8. The minimum Gasteiger partial charge on any atom is -0.456 e. The van der Waals surface area contributed by atoms with Gasteiger partial charge < -0.3 is 19.4 Å². The van der Waals surface area contributed by atoms with Crippen LogP contribution in [0, 0.1) is 5.41 Å². The van der Waals surface area contributed by atoms with E-state index in [9.17, 15) is 4.79 Å². The number of pyridine rings is 1. The summed E-state index contributed by atoms with van der Waals surface area (Å²) >= 11 is 0. The van der Waals surface area contributed by atoms with E-state index in [-0.39, 0.29) is 5.97 Å². The van der Waals surface area contributed by atoms with E-state index in [4.69, 9.17) is 9.47 Å². The zero-order valence-corrected chi connectivity index (χ0v) is 27.1. The number of benzene rings is 2. The Morgan fingerprint density at radius 2 is 1.84 bits per heavy atom. The fourth-order valence-corrected chi connectivity index (χ4v) is 7.96. The summed E-state index contributed by atoms with van der Waals surface area (Å²) in [6.45, 7) is 11.2. The zero-order chi connectivity index (χ0) is 31.2. The van der Waals surface area contributed by atoms with Crippen molar-refractivity contribution >= 4 is 22.7 Å². The number of anilines is 1. The summed E-state index contributed by atoms with van der Waals surface area (Å²) in [5.41, 5.74) is 5.22. The molecule has 1 saturated carbocycles. The molecule has 2 aromatic carbocycles. The van der Waals surface area contributed by atoms with Crippen LogP contribution in [0.25, 0.3) is 11.0 Å². The molecule has 1 spiro atoms. The topological polar surface area (TPSA) is 70.7 Å². The van der Waals surface area contributed by atoms with Crippen molar-refractivity contribution in [2.24, 2.45) is 5.41 Å². The summed E-state index contributed by atoms with van der Waals surface area (Å²) in [5.74, 6) is 0.693. The molecule has 3 aliphatic rings. The number of carbonyl (C=O) groups excluding carboxylic acids is 1. The number of fused-ring (bicyclic) bond motifs is 1. The van der Waals surface area contributed by atoms with Crippen molar-refractivity contribution in [3.05, 3.63) is 83.7 Å². The molecule has 0 amide bonds. The van der Waals surface area contributed by atoms with Gasteiger partial charge in [-0.25, -0.2) is 9.78 Å². The van der Waals surface area contributed by atoms with E-state index in [0.29, 0.717) is 34.6 Å². The summed E-state index contributed by atoms with van der Waals surface area (Å²) in [4.78, 5) is 26.1. The molecule has 236 valence electrons. The smallest absolute Gasteiger partial charge is 0.342 e. The summed E-state index contributed by atoms with van der Waals surface area (Å²) in [6, 6.07) is 20.2. The molecule has 7 rings (SSSR count). The standard InChI is InChI=1S/C38H46N4O3/c1-5-26-9-6-7-10-31(26)33-11-8-18-42(33)29-23-38(24-29)15-19-41(20-16-38)28-12-13-32(36(43)45-37(2,3)4)34(22-28)44-30-21-27-14-17-39-35(27)40-25-30/h6-7,9-10,12-14,17,21-22,25,29,33H,5,8,11,15-16,18-20,23-24H2,1-4H3,(H,39,40)/t33-/m0/s1. The lowest BCUT2D eigenvalue weighted by molar-refractivity contribution is -0.0227. The Morgan fingerprint density at radius 3 is 2.62 bits per heavy atom. The highest BCUT2D eigenvalue weighted by Crippen LogP contribution is 2.54. The lowest BCUT2D eigenvalue weighted by atomic mass is 9.59. The van der Waals surface area contributed by atoms with Crippen LogP contribution < -0.4 is 9.64 Å². The van der Waals surface area contributed by atoms with E-state index in [0.717, 1.165) is 36.2 Å². The van der Waals surface area contributed by atoms with Crippen LogP contribution in [-0.4, -0.2) is 52.1 Å². The molecule has 0 unspecified atom stereocenters. The molecule has 1 N–H and O–H groups in total. The van der Waals surface area contributed by atoms with Gasteiger partial charge in [-0.1, -0.05) is 31.2 Å². The van der Waals surface area contributed by atoms with Gasteiger partial charge in [-0.2, -0.15) is 0 Å². The number of likely N-dealkylation sites (tertiary alicyclic amines) is 1. The first kappa shape index (κ1) is 29.8. The van der Waals surface area contributed by atoms with Gasteiger partial charge in [0.2, 0.25) is 0 Å². The molecule has 7 heteroatoms. The maximum Gasteiger partial charge on any atom is 0.342 e. The Morgan fingerprint density at radius 1 is 1.04 bits per heavy atom. The monoisotopic (exact) mass is 606 g/mol. The highest BCUT2D eigenvalue weighted by atomic mass is 16.6. The fraction of sp³-hybridized carbons (Fsp3) is 0.474. The number of nitrogens with one attached hydrogen (secondary N) is 1. The number of aromatic amines is 1. The number of aromatic nitrogens is 2. The Hall–Kier alpha value is -3.84. The van der Waals surface area contributed by atoms with Gasteiger partial charge in [-0.15, -0.1) is 0 Å². The summed E-state index contributed by atoms with van der Waals surface area (Å²) in [5, 5.41) is 0.956. The van der Waals surface area contributed by atoms with Gasteiger partial charge in [-0.05, 0) is 113 Å². The van der Waals surface area contributed by atoms with E-state index in [1.807, 2.05) is 57.3 Å². The second-order valence-corrected chi connectivity index (χ2v) is 14.4. The summed E-state index contributed by atoms with van der Waals surface area (Å²) in [6.07, 6.45) is 12.3. The first-order valence-corrected chi connectivity index (χ1v) is 16.8. The van der Waals surface area contributed by atoms with E-state index >= 15 is 0 Å². The Balaban J connectivity index is 1.04. The number of ether oxygens (including phenoxy) is 2. The molecular formula is C38H46N4O3. The highest BCUT2D eigenvalue weighted by molar-refractivity contribution is 5.93. The van der Waals surface area contributed by atoms with Crippen LogP contribution >= 0.6 is 0 Å². The van der Waals surface area contributed by atoms with Crippen LogP contribution in [0.4, 0.5) is 5.69 Å². The summed E-state index contributed by atoms with van der Waals surface area (Å²) in [7, 11) is 0. The number of hydrogen-bond donors (Lipinski definition) is 1. The molecule has 1 atom stereocenters. The Labute approximate surface area is 266 Å². The number of rotatable bonds is 7. The van der Waals surface area contributed by atoms with Gasteiger partial charge in [-0.3, -0.25) is 4.90 Å². The number of aryl methyl sites for hydroxylation is 1. The Bertz CT molecular complexity index is 1670. The molecule has 4 aromatic rings. The Kier molecular flexibility index (Phi) is 7.84. The molecule has 0 bridgehead atoms. The van der Waals surface area contributed by atoms with Crippen LogP contribution in [0.3, 0.4) is 0 Å². The number of nitrogens with zero attached hydrogens (tertiary/aromatic N) is 3. The molecular weight excluding hydrogens is 560 g/mol. The molecule has 1 aliphatic carbocycles. The fourth-order valence-electron chi connectivity index (χ4n) is 7.96. The first-order chi connectivity index (χ1) is 21.7. The second kappa shape index (κ2) is 11.8. The maximum absolute atomic E-state index is 13.2. The van der Waals surface area contributed by atoms with Crippen LogP contribution in [0.2, 0.25) is 0 Å². The second-order valence-electron chi connectivity index (χ2n) is 14.4. The van der Waals surface area contributed by atoms with Crippen molar-refractivity contribution in [1.29, 1.82) is 0 Å².